The van der Waals surface area contributed by atoms with E-state index in [0.717, 1.165) is 104 Å². The van der Waals surface area contributed by atoms with Gasteiger partial charge in [-0.1, -0.05) is 97.9 Å². The van der Waals surface area contributed by atoms with E-state index in [1.807, 2.05) is 115 Å². The predicted octanol–water partition coefficient (Wildman–Crippen LogP) is 15.0. The molecule has 7 saturated heterocycles. The molecule has 4 saturated carbocycles. The third kappa shape index (κ3) is 13.0. The first-order chi connectivity index (χ1) is 48.1. The van der Waals surface area contributed by atoms with Gasteiger partial charge in [0.25, 0.3) is 0 Å². The lowest BCUT2D eigenvalue weighted by atomic mass is 9.40. The molecule has 0 amide bonds. The van der Waals surface area contributed by atoms with Gasteiger partial charge in [-0.05, 0) is 175 Å². The molecule has 7 heterocycles. The van der Waals surface area contributed by atoms with Gasteiger partial charge in [0.05, 0.1) is 79.0 Å². The highest BCUT2D eigenvalue weighted by molar-refractivity contribution is 8.18. The van der Waals surface area contributed by atoms with Crippen LogP contribution in [0.25, 0.3) is 0 Å². The fourth-order valence-electron chi connectivity index (χ4n) is 21.4. The summed E-state index contributed by atoms with van der Waals surface area (Å²) in [4.78, 5) is 46.5. The summed E-state index contributed by atoms with van der Waals surface area (Å²) in [6.45, 7) is 26.2. The molecule has 7 aliphatic heterocycles. The molecule has 2 aromatic carbocycles. The lowest BCUT2D eigenvalue weighted by molar-refractivity contribution is -0.306. The number of fused-ring (bicyclic) bond motifs is 10. The molecule has 0 radical (unpaired) electrons. The molecular weight excluding hydrogens is 1430 g/mol. The largest absolute Gasteiger partial charge is 0.497 e. The molecular formula is C78H108O15S8. The minimum absolute atomic E-state index is 0.000519. The Morgan fingerprint density at radius 1 is 0.535 bits per heavy atom. The topological polar surface area (TPSA) is 195 Å². The molecule has 3 N–H and O–H groups in total. The number of hydrogen-bond acceptors (Lipinski definition) is 23. The number of benzene rings is 2. The smallest absolute Gasteiger partial charge is 0.336 e. The molecule has 558 valence electrons. The number of thioether (sulfide) groups is 8. The number of rotatable bonds is 13. The van der Waals surface area contributed by atoms with Crippen molar-refractivity contribution in [3.05, 3.63) is 88.0 Å². The molecule has 15 nitrogen and oxygen atoms in total. The van der Waals surface area contributed by atoms with E-state index in [4.69, 9.17) is 42.6 Å². The van der Waals surface area contributed by atoms with E-state index < -0.39 is 86.8 Å². The summed E-state index contributed by atoms with van der Waals surface area (Å²) in [6, 6.07) is 17.8. The first-order valence-electron chi connectivity index (χ1n) is 37.0. The van der Waals surface area contributed by atoms with Crippen molar-refractivity contribution in [1.82, 2.24) is 0 Å². The second-order valence-electron chi connectivity index (χ2n) is 32.9. The van der Waals surface area contributed by atoms with E-state index in [0.29, 0.717) is 32.5 Å². The van der Waals surface area contributed by atoms with Crippen molar-refractivity contribution in [1.29, 1.82) is 0 Å². The van der Waals surface area contributed by atoms with Crippen LogP contribution in [0.1, 0.15) is 164 Å². The molecule has 23 heteroatoms. The maximum Gasteiger partial charge on any atom is 0.336 e. The second kappa shape index (κ2) is 29.6. The number of hydrogen-bond donors (Lipinski definition) is 3. The van der Waals surface area contributed by atoms with Crippen molar-refractivity contribution in [2.75, 3.05) is 66.3 Å². The Morgan fingerprint density at radius 3 is 1.37 bits per heavy atom. The number of methoxy groups -OCH3 is 1. The van der Waals surface area contributed by atoms with E-state index in [2.05, 4.69) is 69.2 Å². The van der Waals surface area contributed by atoms with Crippen molar-refractivity contribution >= 4 is 112 Å². The van der Waals surface area contributed by atoms with Crippen LogP contribution in [-0.2, 0) is 52.3 Å². The van der Waals surface area contributed by atoms with Crippen LogP contribution in [0.15, 0.2) is 76.9 Å². The molecule has 13 aliphatic rings. The van der Waals surface area contributed by atoms with Crippen LogP contribution in [0.4, 0.5) is 0 Å². The van der Waals surface area contributed by atoms with Crippen LogP contribution < -0.4 is 4.74 Å². The zero-order valence-corrected chi connectivity index (χ0v) is 67.6. The Hall–Kier alpha value is -1.07. The third-order valence-electron chi connectivity index (χ3n) is 27.1. The SMILES string of the molecule is CC1=C2[C@@H](OC3SCCCS3)C(=O)[C@]3(C)[C@@H](OC4SCCCS4)C[C@H]4OC[C@@]4(C)[C@H]3[C@H](C)[C@](O)(C[C@@H]1O)C2(C)C.COc1ccc([C@@H]2C[C@@H](c3ccccc3)[C@H](C(=O)O[C@H]3C[C@@]4(O)[C@@H](C)[C@@H]5[C@]6(C)CO[C@@H]6C[C@H](OC6SCCCS6)[C@@]5(C)C(=O)[C@H](OC5SCCCS5)C(=C3C)C4(C)C)O2)cc1. The van der Waals surface area contributed by atoms with E-state index in [1.54, 1.807) is 54.2 Å². The van der Waals surface area contributed by atoms with Crippen LogP contribution in [0.3, 0.4) is 0 Å². The molecule has 6 aliphatic carbocycles. The van der Waals surface area contributed by atoms with Crippen LogP contribution in [0, 0.1) is 56.2 Å². The van der Waals surface area contributed by atoms with Gasteiger partial charge in [-0.3, -0.25) is 9.59 Å². The number of carbonyl (C=O) groups excluding carboxylic acids is 3. The van der Waals surface area contributed by atoms with Crippen molar-refractivity contribution in [2.45, 2.75) is 238 Å². The Morgan fingerprint density at radius 2 is 0.950 bits per heavy atom. The number of ketones is 2. The van der Waals surface area contributed by atoms with Gasteiger partial charge in [-0.15, -0.1) is 94.1 Å². The number of carbonyl (C=O) groups is 3. The van der Waals surface area contributed by atoms with Gasteiger partial charge in [-0.2, -0.15) is 0 Å². The average Bonchev–Trinajstić information content (AvgIpc) is 0.704. The van der Waals surface area contributed by atoms with Crippen molar-refractivity contribution in [2.24, 2.45) is 56.2 Å². The molecule has 2 aromatic rings. The lowest BCUT2D eigenvalue weighted by Gasteiger charge is -2.69. The molecule has 4 bridgehead atoms. The number of esters is 1. The van der Waals surface area contributed by atoms with Gasteiger partial charge in [0.1, 0.15) is 33.6 Å². The van der Waals surface area contributed by atoms with E-state index >= 15 is 9.59 Å². The summed E-state index contributed by atoms with van der Waals surface area (Å²) in [5, 5.41) is 38.1. The molecule has 0 unspecified atom stereocenters. The summed E-state index contributed by atoms with van der Waals surface area (Å²) in [7, 11) is 1.64. The van der Waals surface area contributed by atoms with E-state index in [9.17, 15) is 20.1 Å². The van der Waals surface area contributed by atoms with Crippen molar-refractivity contribution in [3.63, 3.8) is 0 Å². The average molecular weight is 1540 g/mol. The van der Waals surface area contributed by atoms with Gasteiger partial charge in [0.15, 0.2) is 27.2 Å². The predicted molar refractivity (Wildman–Crippen MR) is 412 cm³/mol. The zero-order chi connectivity index (χ0) is 71.6. The summed E-state index contributed by atoms with van der Waals surface area (Å²) >= 11 is 14.3. The highest BCUT2D eigenvalue weighted by Crippen LogP contribution is 2.71. The van der Waals surface area contributed by atoms with Crippen LogP contribution in [-0.4, -0.2) is 184 Å². The van der Waals surface area contributed by atoms with Crippen molar-refractivity contribution in [3.8, 4) is 5.75 Å². The van der Waals surface area contributed by atoms with Crippen LogP contribution in [0.5, 0.6) is 5.75 Å². The van der Waals surface area contributed by atoms with Crippen LogP contribution >= 0.6 is 94.1 Å². The molecule has 101 heavy (non-hydrogen) atoms. The summed E-state index contributed by atoms with van der Waals surface area (Å²) in [5.41, 5.74) is -1.88. The zero-order valence-electron chi connectivity index (χ0n) is 61.1. The molecule has 0 spiro atoms. The summed E-state index contributed by atoms with van der Waals surface area (Å²) in [5.74, 6) is 6.95. The highest BCUT2D eigenvalue weighted by Gasteiger charge is 2.76. The van der Waals surface area contributed by atoms with Gasteiger partial charge in [0, 0.05) is 53.3 Å². The quantitative estimate of drug-likeness (QED) is 0.126. The Kier molecular flexibility index (Phi) is 22.5. The first kappa shape index (κ1) is 76.7. The number of aliphatic hydroxyl groups is 3. The highest BCUT2D eigenvalue weighted by atomic mass is 32.2. The number of ether oxygens (including phenoxy) is 9. The number of aliphatic hydroxyl groups excluding tert-OH is 1. The normalized spacial score (nSPS) is 43.3. The first-order valence-corrected chi connectivity index (χ1v) is 45.4. The maximum absolute atomic E-state index is 16.2. The lowest BCUT2D eigenvalue weighted by Crippen LogP contribution is -2.75. The Bertz CT molecular complexity index is 3430. The minimum atomic E-state index is -1.41. The van der Waals surface area contributed by atoms with E-state index in [-0.39, 0.29) is 97.0 Å². The fraction of sp³-hybridized carbons (Fsp3) is 0.756. The summed E-state index contributed by atoms with van der Waals surface area (Å²) < 4.78 is 58.9. The van der Waals surface area contributed by atoms with Gasteiger partial charge < -0.3 is 58.0 Å². The molecule has 0 aromatic heterocycles. The molecule has 21 atom stereocenters. The maximum atomic E-state index is 16.2. The standard InChI is InChI=1S/C48H62O9S4.C30H46O6S4/c1-27-34(55-42(50)38-32(29-13-9-8-10-14-29)23-33(54-38)30-15-17-31(52-7)18-16-30)25-48(51)28(2)40-46(5)26-53-35(46)24-36(56-43-58-19-11-20-59-43)47(40,6)41(49)39(37(27)45(48,3)4)57-44-60-21-12-22-61-44;1-16-18(31)14-30(33)17(2)23-28(5)15-34-19(28)13-20(35-25-37-9-7-10-38-25)29(23,6)24(32)22(21(16)27(30,3)4)36-26-39-11-8-12-40-26/h8-10,13-18,28,32-36,38-40,43-44,51H,11-12,19-26H2,1-7H3;17-20,22-23,25-26,31,33H,7-15H2,1-6H3/t28-,32-,33-,34-,35+,36-,38+,39+,40+,46+,47+,48+;17-,18-,19+,20-,22+,23+,28+,29+,30+/m00/s1. The Balaban J connectivity index is 0.000000187. The monoisotopic (exact) mass is 1540 g/mol. The van der Waals surface area contributed by atoms with Gasteiger partial charge in [-0.25, -0.2) is 4.79 Å². The summed E-state index contributed by atoms with van der Waals surface area (Å²) in [6.07, 6.45) is 1.22. The van der Waals surface area contributed by atoms with Gasteiger partial charge >= 0.3 is 5.97 Å². The van der Waals surface area contributed by atoms with Crippen LogP contribution in [0.2, 0.25) is 0 Å². The minimum Gasteiger partial charge on any atom is -0.497 e. The fourth-order valence-corrected chi connectivity index (χ4v) is 31.6. The third-order valence-corrected chi connectivity index (χ3v) is 37.6. The Labute approximate surface area is 633 Å². The van der Waals surface area contributed by atoms with Gasteiger partial charge in [0.2, 0.25) is 0 Å². The van der Waals surface area contributed by atoms with E-state index in [1.165, 1.54) is 6.42 Å². The number of Topliss-reactive ketones (excluding diaryl/α,β-unsaturated/α-hetero) is 2. The van der Waals surface area contributed by atoms with Crippen molar-refractivity contribution < 1.29 is 72.3 Å². The molecule has 11 fully saturated rings. The molecule has 15 rings (SSSR count). The second-order valence-corrected chi connectivity index (χ2v) is 43.5.